The molecule has 1 N–H and O–H groups in total. The first-order valence-electron chi connectivity index (χ1n) is 11.7. The number of halogens is 3. The van der Waals surface area contributed by atoms with Gasteiger partial charge in [-0.05, 0) is 66.2 Å². The van der Waals surface area contributed by atoms with Crippen molar-refractivity contribution >= 4 is 57.5 Å². The minimum atomic E-state index is -4.40. The van der Waals surface area contributed by atoms with Crippen molar-refractivity contribution in [2.75, 3.05) is 4.72 Å². The molecule has 2 aromatic rings. The highest BCUT2D eigenvalue weighted by molar-refractivity contribution is 7.92. The van der Waals surface area contributed by atoms with Crippen LogP contribution in [0.5, 0.6) is 0 Å². The molecular formula is C25H31BCl2FNO6S. The predicted octanol–water partition coefficient (Wildman–Crippen LogP) is 5.71. The first-order valence-corrected chi connectivity index (χ1v) is 14.0. The van der Waals surface area contributed by atoms with Crippen LogP contribution >= 0.6 is 23.2 Å². The lowest BCUT2D eigenvalue weighted by atomic mass is 9.78. The van der Waals surface area contributed by atoms with E-state index >= 15 is 4.39 Å². The molecule has 0 atom stereocenters. The molecular weight excluding hydrogens is 543 g/mol. The van der Waals surface area contributed by atoms with Gasteiger partial charge in [-0.1, -0.05) is 42.3 Å². The van der Waals surface area contributed by atoms with Crippen molar-refractivity contribution in [3.05, 3.63) is 51.8 Å². The second-order valence-corrected chi connectivity index (χ2v) is 13.1. The Morgan fingerprint density at radius 2 is 1.73 bits per heavy atom. The van der Waals surface area contributed by atoms with E-state index in [1.54, 1.807) is 13.8 Å². The summed E-state index contributed by atoms with van der Waals surface area (Å²) < 4.78 is 61.4. The van der Waals surface area contributed by atoms with Gasteiger partial charge in [-0.25, -0.2) is 12.8 Å². The Balaban J connectivity index is 1.90. The Morgan fingerprint density at radius 1 is 1.14 bits per heavy atom. The van der Waals surface area contributed by atoms with Gasteiger partial charge < -0.3 is 14.0 Å². The molecule has 1 heterocycles. The molecule has 37 heavy (non-hydrogen) atoms. The van der Waals surface area contributed by atoms with E-state index in [0.717, 1.165) is 6.07 Å². The fourth-order valence-electron chi connectivity index (χ4n) is 3.38. The van der Waals surface area contributed by atoms with Gasteiger partial charge in [-0.3, -0.25) is 9.52 Å². The molecule has 1 aliphatic rings. The minimum Gasteiger partial charge on any atom is -0.460 e. The Kier molecular flexibility index (Phi) is 8.33. The SMILES string of the molecule is CCC(C)(C)C(=O)OCc1cc(Cl)cc(S(=O)(=O)Nc2cccc(B3OC(C)(C)C(C)(C)O3)c2F)c1Cl. The fraction of sp³-hybridized carbons (Fsp3) is 0.480. The van der Waals surface area contributed by atoms with Crippen LogP contribution in [-0.4, -0.2) is 32.7 Å². The van der Waals surface area contributed by atoms with Crippen molar-refractivity contribution in [2.24, 2.45) is 5.41 Å². The van der Waals surface area contributed by atoms with Gasteiger partial charge in [0, 0.05) is 16.0 Å². The van der Waals surface area contributed by atoms with Crippen LogP contribution in [0.1, 0.15) is 60.5 Å². The summed E-state index contributed by atoms with van der Waals surface area (Å²) in [4.78, 5) is 12.0. The zero-order valence-electron chi connectivity index (χ0n) is 21.9. The summed E-state index contributed by atoms with van der Waals surface area (Å²) in [6, 6.07) is 6.78. The van der Waals surface area contributed by atoms with Crippen molar-refractivity contribution in [3.63, 3.8) is 0 Å². The van der Waals surface area contributed by atoms with E-state index in [4.69, 9.17) is 37.2 Å². The fourth-order valence-corrected chi connectivity index (χ4v) is 5.36. The van der Waals surface area contributed by atoms with Gasteiger partial charge in [0.25, 0.3) is 10.0 Å². The third kappa shape index (κ3) is 6.09. The standard InChI is InChI=1S/C25H31BCl2FNO6S/c1-8-23(2,3)22(31)34-14-15-12-16(27)13-19(20(15)28)37(32,33)30-18-11-9-10-17(21(18)29)26-35-24(4,5)25(6,7)36-26/h9-13,30H,8,14H2,1-7H3. The Morgan fingerprint density at radius 3 is 2.30 bits per heavy atom. The zero-order valence-corrected chi connectivity index (χ0v) is 24.2. The van der Waals surface area contributed by atoms with E-state index in [1.165, 1.54) is 24.3 Å². The third-order valence-electron chi connectivity index (χ3n) is 6.94. The Bertz CT molecular complexity index is 1300. The van der Waals surface area contributed by atoms with Crippen LogP contribution in [0.25, 0.3) is 0 Å². The van der Waals surface area contributed by atoms with Crippen LogP contribution in [0.15, 0.2) is 35.2 Å². The summed E-state index contributed by atoms with van der Waals surface area (Å²) in [5.41, 5.74) is -2.22. The van der Waals surface area contributed by atoms with Gasteiger partial charge in [0.05, 0.1) is 27.3 Å². The van der Waals surface area contributed by atoms with E-state index in [2.05, 4.69) is 4.72 Å². The molecule has 1 aliphatic heterocycles. The molecule has 0 aromatic heterocycles. The lowest BCUT2D eigenvalue weighted by Crippen LogP contribution is -2.41. The van der Waals surface area contributed by atoms with Crippen LogP contribution < -0.4 is 10.2 Å². The van der Waals surface area contributed by atoms with Crippen molar-refractivity contribution < 1.29 is 31.6 Å². The molecule has 0 saturated carbocycles. The molecule has 0 aliphatic carbocycles. The smallest absolute Gasteiger partial charge is 0.460 e. The van der Waals surface area contributed by atoms with Gasteiger partial charge in [-0.15, -0.1) is 0 Å². The molecule has 3 rings (SSSR count). The molecule has 7 nitrogen and oxygen atoms in total. The number of esters is 1. The van der Waals surface area contributed by atoms with Gasteiger partial charge in [0.2, 0.25) is 0 Å². The first kappa shape index (κ1) is 29.7. The number of hydrogen-bond acceptors (Lipinski definition) is 6. The number of ether oxygens (including phenoxy) is 1. The van der Waals surface area contributed by atoms with Gasteiger partial charge in [-0.2, -0.15) is 0 Å². The van der Waals surface area contributed by atoms with Crippen LogP contribution in [-0.2, 0) is 35.5 Å². The van der Waals surface area contributed by atoms with Gasteiger partial charge in [0.1, 0.15) is 17.3 Å². The maximum atomic E-state index is 15.5. The average Bonchev–Trinajstić information content (AvgIpc) is 3.01. The highest BCUT2D eigenvalue weighted by Crippen LogP contribution is 2.37. The second-order valence-electron chi connectivity index (χ2n) is 10.6. The number of rotatable bonds is 8. The number of carbonyl (C=O) groups is 1. The van der Waals surface area contributed by atoms with Crippen molar-refractivity contribution in [2.45, 2.75) is 77.6 Å². The summed E-state index contributed by atoms with van der Waals surface area (Å²) >= 11 is 12.6. The average molecular weight is 574 g/mol. The summed E-state index contributed by atoms with van der Waals surface area (Å²) in [5, 5.41) is -0.140. The molecule has 1 fully saturated rings. The zero-order chi connectivity index (χ0) is 28.0. The highest BCUT2D eigenvalue weighted by Gasteiger charge is 2.52. The Hall–Kier alpha value is -1.85. The lowest BCUT2D eigenvalue weighted by Gasteiger charge is -2.32. The second kappa shape index (κ2) is 10.4. The van der Waals surface area contributed by atoms with E-state index in [1.807, 2.05) is 34.6 Å². The Labute approximate surface area is 228 Å². The molecule has 2 aromatic carbocycles. The minimum absolute atomic E-state index is 0.0437. The van der Waals surface area contributed by atoms with E-state index in [9.17, 15) is 13.2 Å². The lowest BCUT2D eigenvalue weighted by molar-refractivity contribution is -0.155. The van der Waals surface area contributed by atoms with Crippen molar-refractivity contribution in [1.82, 2.24) is 0 Å². The number of carbonyl (C=O) groups excluding carboxylic acids is 1. The highest BCUT2D eigenvalue weighted by atomic mass is 35.5. The molecule has 12 heteroatoms. The number of benzene rings is 2. The molecule has 0 unspecified atom stereocenters. The molecule has 0 spiro atoms. The normalized spacial score (nSPS) is 17.1. The van der Waals surface area contributed by atoms with Crippen molar-refractivity contribution in [3.8, 4) is 0 Å². The van der Waals surface area contributed by atoms with Gasteiger partial charge >= 0.3 is 13.1 Å². The first-order chi connectivity index (χ1) is 16.9. The molecule has 0 radical (unpaired) electrons. The van der Waals surface area contributed by atoms with Crippen LogP contribution in [0.4, 0.5) is 10.1 Å². The quantitative estimate of drug-likeness (QED) is 0.321. The van der Waals surface area contributed by atoms with Crippen molar-refractivity contribution in [1.29, 1.82) is 0 Å². The summed E-state index contributed by atoms with van der Waals surface area (Å²) in [6.45, 7) is 12.4. The monoisotopic (exact) mass is 573 g/mol. The van der Waals surface area contributed by atoms with Crippen LogP contribution in [0.3, 0.4) is 0 Å². The summed E-state index contributed by atoms with van der Waals surface area (Å²) in [6.07, 6.45) is 0.551. The number of hydrogen-bond donors (Lipinski definition) is 1. The van der Waals surface area contributed by atoms with Crippen LogP contribution in [0.2, 0.25) is 10.0 Å². The molecule has 1 saturated heterocycles. The third-order valence-corrected chi connectivity index (χ3v) is 9.11. The van der Waals surface area contributed by atoms with E-state index in [0.29, 0.717) is 6.42 Å². The molecule has 0 bridgehead atoms. The number of anilines is 1. The van der Waals surface area contributed by atoms with Gasteiger partial charge in [0.15, 0.2) is 0 Å². The maximum absolute atomic E-state index is 15.5. The number of nitrogens with one attached hydrogen (secondary N) is 1. The largest absolute Gasteiger partial charge is 0.497 e. The van der Waals surface area contributed by atoms with Crippen LogP contribution in [0, 0.1) is 11.2 Å². The molecule has 202 valence electrons. The topological polar surface area (TPSA) is 90.9 Å². The predicted molar refractivity (Wildman–Crippen MR) is 143 cm³/mol. The summed E-state index contributed by atoms with van der Waals surface area (Å²) in [5.74, 6) is -1.31. The van der Waals surface area contributed by atoms with E-state index in [-0.39, 0.29) is 38.3 Å². The molecule has 0 amide bonds. The summed E-state index contributed by atoms with van der Waals surface area (Å²) in [7, 11) is -5.43. The number of sulfonamides is 1. The maximum Gasteiger partial charge on any atom is 0.497 e. The van der Waals surface area contributed by atoms with E-state index < -0.39 is 45.5 Å².